The quantitative estimate of drug-likeness (QED) is 0.543. The Hall–Kier alpha value is -1.29. The summed E-state index contributed by atoms with van der Waals surface area (Å²) in [6.45, 7) is 0. The summed E-state index contributed by atoms with van der Waals surface area (Å²) in [5.74, 6) is 0. The van der Waals surface area contributed by atoms with Crippen molar-refractivity contribution >= 4 is 13.2 Å². The summed E-state index contributed by atoms with van der Waals surface area (Å²) in [5.41, 5.74) is -4.31. The molecular formula is C10H5F6P. The van der Waals surface area contributed by atoms with Gasteiger partial charge in [-0.1, -0.05) is 30.3 Å². The summed E-state index contributed by atoms with van der Waals surface area (Å²) < 4.78 is 74.4. The Balaban J connectivity index is 3.33. The maximum Gasteiger partial charge on any atom is 0.306 e. The fourth-order valence-corrected chi connectivity index (χ4v) is 2.49. The Kier molecular flexibility index (Phi) is 4.75. The average molecular weight is 270 g/mol. The molecule has 92 valence electrons. The highest BCUT2D eigenvalue weighted by Crippen LogP contribution is 2.55. The van der Waals surface area contributed by atoms with E-state index in [1.54, 1.807) is 0 Å². The maximum absolute atomic E-state index is 13.0. The van der Waals surface area contributed by atoms with Gasteiger partial charge in [0.15, 0.2) is 11.1 Å². The van der Waals surface area contributed by atoms with Gasteiger partial charge in [-0.25, -0.2) is 0 Å². The predicted molar refractivity (Wildman–Crippen MR) is 53.7 cm³/mol. The molecule has 0 spiro atoms. The van der Waals surface area contributed by atoms with Crippen molar-refractivity contribution in [2.24, 2.45) is 0 Å². The molecule has 0 radical (unpaired) electrons. The SMILES string of the molecule is FC(F)=C(F)P(C(F)=C(F)F)c1ccccc1. The van der Waals surface area contributed by atoms with Gasteiger partial charge in [0, 0.05) is 0 Å². The molecule has 0 N–H and O–H groups in total. The first-order chi connectivity index (χ1) is 7.95. The van der Waals surface area contributed by atoms with E-state index in [0.717, 1.165) is 12.1 Å². The molecular weight excluding hydrogens is 265 g/mol. The van der Waals surface area contributed by atoms with E-state index in [9.17, 15) is 26.3 Å². The lowest BCUT2D eigenvalue weighted by molar-refractivity contribution is 0.388. The van der Waals surface area contributed by atoms with Crippen LogP contribution in [0.5, 0.6) is 0 Å². The molecule has 0 saturated carbocycles. The van der Waals surface area contributed by atoms with Gasteiger partial charge in [-0.15, -0.1) is 0 Å². The summed E-state index contributed by atoms with van der Waals surface area (Å²) in [7, 11) is -3.13. The minimum absolute atomic E-state index is 0.252. The Labute approximate surface area is 94.0 Å². The largest absolute Gasteiger partial charge is 0.306 e. The van der Waals surface area contributed by atoms with Crippen LogP contribution >= 0.6 is 7.92 Å². The Morgan fingerprint density at radius 1 is 0.706 bits per heavy atom. The average Bonchev–Trinajstić information content (AvgIpc) is 2.30. The van der Waals surface area contributed by atoms with Gasteiger partial charge in [-0.05, 0) is 5.30 Å². The van der Waals surface area contributed by atoms with E-state index in [0.29, 0.717) is 0 Å². The van der Waals surface area contributed by atoms with Crippen molar-refractivity contribution in [1.82, 2.24) is 0 Å². The second-order valence-electron chi connectivity index (χ2n) is 2.77. The van der Waals surface area contributed by atoms with Gasteiger partial charge < -0.3 is 0 Å². The van der Waals surface area contributed by atoms with Crippen molar-refractivity contribution in [3.8, 4) is 0 Å². The first-order valence-corrected chi connectivity index (χ1v) is 5.56. The smallest absolute Gasteiger partial charge is 0.200 e. The molecule has 0 aliphatic heterocycles. The lowest BCUT2D eigenvalue weighted by Gasteiger charge is -2.12. The highest BCUT2D eigenvalue weighted by atomic mass is 31.1. The van der Waals surface area contributed by atoms with Crippen LogP contribution in [0.4, 0.5) is 26.3 Å². The molecule has 0 aliphatic rings. The molecule has 0 aliphatic carbocycles. The Morgan fingerprint density at radius 3 is 1.47 bits per heavy atom. The second-order valence-corrected chi connectivity index (χ2v) is 4.75. The molecule has 0 saturated heterocycles. The molecule has 0 amide bonds. The van der Waals surface area contributed by atoms with Crippen molar-refractivity contribution in [2.75, 3.05) is 0 Å². The number of rotatable bonds is 3. The molecule has 1 aromatic carbocycles. The normalized spacial score (nSPS) is 10.3. The maximum atomic E-state index is 13.0. The molecule has 1 aromatic rings. The number of hydrogen-bond donors (Lipinski definition) is 0. The van der Waals surface area contributed by atoms with E-state index in [4.69, 9.17) is 0 Å². The zero-order valence-electron chi connectivity index (χ0n) is 8.10. The first kappa shape index (κ1) is 13.8. The number of hydrogen-bond acceptors (Lipinski definition) is 0. The van der Waals surface area contributed by atoms with Crippen LogP contribution in [0.15, 0.2) is 53.6 Å². The van der Waals surface area contributed by atoms with E-state index in [1.165, 1.54) is 18.2 Å². The lowest BCUT2D eigenvalue weighted by Crippen LogP contribution is -2.01. The van der Waals surface area contributed by atoms with Gasteiger partial charge in [-0.2, -0.15) is 26.3 Å². The van der Waals surface area contributed by atoms with Crippen LogP contribution in [0.1, 0.15) is 0 Å². The highest BCUT2D eigenvalue weighted by molar-refractivity contribution is 7.73. The standard InChI is InChI=1S/C10H5F6P/c11-7(12)9(15)17(10(16)8(13)14)6-4-2-1-3-5-6/h1-5H. The minimum Gasteiger partial charge on any atom is -0.200 e. The van der Waals surface area contributed by atoms with Crippen molar-refractivity contribution < 1.29 is 26.3 Å². The van der Waals surface area contributed by atoms with E-state index in [2.05, 4.69) is 0 Å². The van der Waals surface area contributed by atoms with Crippen LogP contribution in [0.3, 0.4) is 0 Å². The lowest BCUT2D eigenvalue weighted by atomic mass is 10.4. The molecule has 0 bridgehead atoms. The molecule has 7 heteroatoms. The van der Waals surface area contributed by atoms with Gasteiger partial charge in [0.2, 0.25) is 0 Å². The van der Waals surface area contributed by atoms with Crippen molar-refractivity contribution in [1.29, 1.82) is 0 Å². The fraction of sp³-hybridized carbons (Fsp3) is 0. The molecule has 0 heterocycles. The van der Waals surface area contributed by atoms with Crippen LogP contribution in [-0.2, 0) is 0 Å². The van der Waals surface area contributed by atoms with Crippen LogP contribution in [0.25, 0.3) is 0 Å². The first-order valence-electron chi connectivity index (χ1n) is 4.22. The molecule has 17 heavy (non-hydrogen) atoms. The zero-order chi connectivity index (χ0) is 13.0. The van der Waals surface area contributed by atoms with Crippen molar-refractivity contribution in [2.45, 2.75) is 0 Å². The van der Waals surface area contributed by atoms with Crippen LogP contribution < -0.4 is 5.30 Å². The van der Waals surface area contributed by atoms with Gasteiger partial charge in [0.1, 0.15) is 0 Å². The van der Waals surface area contributed by atoms with Crippen molar-refractivity contribution in [3.63, 3.8) is 0 Å². The van der Waals surface area contributed by atoms with Crippen LogP contribution in [0.2, 0.25) is 0 Å². The molecule has 0 unspecified atom stereocenters. The summed E-state index contributed by atoms with van der Waals surface area (Å²) >= 11 is 0. The topological polar surface area (TPSA) is 0 Å². The van der Waals surface area contributed by atoms with Crippen LogP contribution in [0, 0.1) is 0 Å². The van der Waals surface area contributed by atoms with E-state index < -0.39 is 31.2 Å². The Bertz CT molecular complexity index is 421. The highest BCUT2D eigenvalue weighted by Gasteiger charge is 2.29. The third-order valence-corrected chi connectivity index (χ3v) is 3.66. The van der Waals surface area contributed by atoms with Gasteiger partial charge in [0.05, 0.1) is 7.92 Å². The molecule has 1 rings (SSSR count). The molecule has 0 nitrogen and oxygen atoms in total. The number of halogens is 6. The molecule has 0 aromatic heterocycles. The second kappa shape index (κ2) is 5.87. The van der Waals surface area contributed by atoms with Gasteiger partial charge >= 0.3 is 12.2 Å². The summed E-state index contributed by atoms with van der Waals surface area (Å²) in [6, 6.07) is 6.32. The third-order valence-electron chi connectivity index (χ3n) is 1.72. The monoisotopic (exact) mass is 270 g/mol. The van der Waals surface area contributed by atoms with E-state index >= 15 is 0 Å². The molecule has 0 atom stereocenters. The predicted octanol–water partition coefficient (Wildman–Crippen LogP) is 4.86. The van der Waals surface area contributed by atoms with Crippen molar-refractivity contribution in [3.05, 3.63) is 53.6 Å². The number of benzene rings is 1. The third kappa shape index (κ3) is 3.33. The fourth-order valence-electron chi connectivity index (χ4n) is 1.06. The summed E-state index contributed by atoms with van der Waals surface area (Å²) in [6.07, 6.45) is -5.59. The summed E-state index contributed by atoms with van der Waals surface area (Å²) in [4.78, 5) is 0. The van der Waals surface area contributed by atoms with E-state index in [1.807, 2.05) is 0 Å². The van der Waals surface area contributed by atoms with Gasteiger partial charge in [0.25, 0.3) is 0 Å². The van der Waals surface area contributed by atoms with Gasteiger partial charge in [-0.3, -0.25) is 0 Å². The minimum atomic E-state index is -3.13. The van der Waals surface area contributed by atoms with E-state index in [-0.39, 0.29) is 5.30 Å². The molecule has 0 fully saturated rings. The van der Waals surface area contributed by atoms with Crippen LogP contribution in [-0.4, -0.2) is 0 Å². The summed E-state index contributed by atoms with van der Waals surface area (Å²) in [5, 5.41) is -0.252. The Morgan fingerprint density at radius 2 is 1.12 bits per heavy atom. The zero-order valence-corrected chi connectivity index (χ0v) is 9.00.